The first-order valence-corrected chi connectivity index (χ1v) is 11.5. The summed E-state index contributed by atoms with van der Waals surface area (Å²) in [5.41, 5.74) is 3.04. The molecule has 0 unspecified atom stereocenters. The van der Waals surface area contributed by atoms with Gasteiger partial charge in [0.05, 0.1) is 23.4 Å². The van der Waals surface area contributed by atoms with Crippen molar-refractivity contribution in [3.63, 3.8) is 0 Å². The van der Waals surface area contributed by atoms with Crippen molar-refractivity contribution in [2.75, 3.05) is 5.32 Å². The largest absolute Gasteiger partial charge is 0.358 e. The van der Waals surface area contributed by atoms with Crippen molar-refractivity contribution in [2.24, 2.45) is 23.7 Å². The second kappa shape index (κ2) is 6.66. The number of nitrogens with zero attached hydrogens (tertiary/aromatic N) is 3. The SMILES string of the molecule is Cc1cn(-c2ccc(-c3csc(NC4C5CC6CC(C5)CC4C6)n3)cc2F)cn1. The van der Waals surface area contributed by atoms with Gasteiger partial charge in [0.2, 0.25) is 0 Å². The fourth-order valence-corrected chi connectivity index (χ4v) is 6.97. The van der Waals surface area contributed by atoms with Gasteiger partial charge in [-0.15, -0.1) is 11.3 Å². The summed E-state index contributed by atoms with van der Waals surface area (Å²) in [6.45, 7) is 1.90. The molecular formula is C23H25FN4S. The molecule has 2 aromatic heterocycles. The third-order valence-electron chi connectivity index (χ3n) is 7.25. The minimum absolute atomic E-state index is 0.261. The van der Waals surface area contributed by atoms with E-state index in [1.54, 1.807) is 34.4 Å². The number of imidazole rings is 1. The summed E-state index contributed by atoms with van der Waals surface area (Å²) in [6.07, 6.45) is 10.5. The normalized spacial score (nSPS) is 30.1. The van der Waals surface area contributed by atoms with E-state index in [9.17, 15) is 4.39 Å². The van der Waals surface area contributed by atoms with Gasteiger partial charge in [0.25, 0.3) is 0 Å². The van der Waals surface area contributed by atoms with Crippen LogP contribution in [0.2, 0.25) is 0 Å². The minimum atomic E-state index is -0.261. The van der Waals surface area contributed by atoms with Crippen LogP contribution in [-0.2, 0) is 0 Å². The van der Waals surface area contributed by atoms with Crippen LogP contribution in [0.5, 0.6) is 0 Å². The van der Waals surface area contributed by atoms with Crippen LogP contribution in [0.15, 0.2) is 36.1 Å². The topological polar surface area (TPSA) is 42.7 Å². The van der Waals surface area contributed by atoms with Crippen LogP contribution in [0.4, 0.5) is 9.52 Å². The summed E-state index contributed by atoms with van der Waals surface area (Å²) in [5.74, 6) is 3.32. The zero-order valence-electron chi connectivity index (χ0n) is 16.5. The summed E-state index contributed by atoms with van der Waals surface area (Å²) >= 11 is 1.64. The predicted octanol–water partition coefficient (Wildman–Crippen LogP) is 5.68. The Kier molecular flexibility index (Phi) is 4.05. The van der Waals surface area contributed by atoms with Gasteiger partial charge in [-0.25, -0.2) is 14.4 Å². The minimum Gasteiger partial charge on any atom is -0.358 e. The Morgan fingerprint density at radius 3 is 2.52 bits per heavy atom. The van der Waals surface area contributed by atoms with E-state index in [2.05, 4.69) is 10.3 Å². The molecular weight excluding hydrogens is 383 g/mol. The average Bonchev–Trinajstić information content (AvgIpc) is 3.33. The second-order valence-electron chi connectivity index (χ2n) is 9.23. The number of rotatable bonds is 4. The third kappa shape index (κ3) is 3.08. The second-order valence-corrected chi connectivity index (χ2v) is 10.1. The third-order valence-corrected chi connectivity index (χ3v) is 8.03. The van der Waals surface area contributed by atoms with Crippen LogP contribution >= 0.6 is 11.3 Å². The summed E-state index contributed by atoms with van der Waals surface area (Å²) in [7, 11) is 0. The molecule has 4 aliphatic carbocycles. The molecule has 2 heterocycles. The molecule has 0 amide bonds. The average molecular weight is 409 g/mol. The molecule has 0 atom stereocenters. The Balaban J connectivity index is 1.21. The molecule has 7 rings (SSSR count). The van der Waals surface area contributed by atoms with Crippen LogP contribution in [0.1, 0.15) is 37.8 Å². The Labute approximate surface area is 174 Å². The van der Waals surface area contributed by atoms with Crippen molar-refractivity contribution in [3.8, 4) is 16.9 Å². The number of hydrogen-bond donors (Lipinski definition) is 1. The van der Waals surface area contributed by atoms with Gasteiger partial charge < -0.3 is 9.88 Å². The van der Waals surface area contributed by atoms with Gasteiger partial charge in [0.1, 0.15) is 5.82 Å². The summed E-state index contributed by atoms with van der Waals surface area (Å²) in [5, 5.41) is 6.78. The quantitative estimate of drug-likeness (QED) is 0.604. The van der Waals surface area contributed by atoms with Crippen molar-refractivity contribution < 1.29 is 4.39 Å². The van der Waals surface area contributed by atoms with Crippen LogP contribution in [0, 0.1) is 36.4 Å². The molecule has 0 spiro atoms. The van der Waals surface area contributed by atoms with Crippen LogP contribution in [-0.4, -0.2) is 20.6 Å². The van der Waals surface area contributed by atoms with Crippen molar-refractivity contribution in [1.29, 1.82) is 0 Å². The molecule has 0 radical (unpaired) electrons. The van der Waals surface area contributed by atoms with E-state index < -0.39 is 0 Å². The van der Waals surface area contributed by atoms with Gasteiger partial charge in [-0.3, -0.25) is 0 Å². The highest BCUT2D eigenvalue weighted by molar-refractivity contribution is 7.14. The van der Waals surface area contributed by atoms with Crippen molar-refractivity contribution >= 4 is 16.5 Å². The molecule has 4 nitrogen and oxygen atoms in total. The molecule has 4 saturated carbocycles. The number of benzene rings is 1. The summed E-state index contributed by atoms with van der Waals surface area (Å²) in [6, 6.07) is 5.89. The van der Waals surface area contributed by atoms with E-state index in [0.717, 1.165) is 45.8 Å². The Morgan fingerprint density at radius 2 is 1.86 bits per heavy atom. The van der Waals surface area contributed by atoms with Crippen LogP contribution in [0.3, 0.4) is 0 Å². The smallest absolute Gasteiger partial charge is 0.183 e. The zero-order valence-corrected chi connectivity index (χ0v) is 17.3. The number of nitrogens with one attached hydrogen (secondary N) is 1. The highest BCUT2D eigenvalue weighted by Gasteiger charge is 2.48. The van der Waals surface area contributed by atoms with E-state index in [4.69, 9.17) is 4.98 Å². The van der Waals surface area contributed by atoms with Gasteiger partial charge in [0, 0.05) is 23.2 Å². The highest BCUT2D eigenvalue weighted by Crippen LogP contribution is 2.54. The van der Waals surface area contributed by atoms with E-state index in [1.165, 1.54) is 32.1 Å². The summed E-state index contributed by atoms with van der Waals surface area (Å²) in [4.78, 5) is 8.98. The molecule has 4 fully saturated rings. The van der Waals surface area contributed by atoms with Gasteiger partial charge in [0.15, 0.2) is 5.13 Å². The van der Waals surface area contributed by atoms with E-state index in [0.29, 0.717) is 11.7 Å². The van der Waals surface area contributed by atoms with E-state index in [-0.39, 0.29) is 5.82 Å². The molecule has 0 aliphatic heterocycles. The molecule has 4 bridgehead atoms. The van der Waals surface area contributed by atoms with Crippen molar-refractivity contribution in [3.05, 3.63) is 47.6 Å². The van der Waals surface area contributed by atoms with E-state index >= 15 is 0 Å². The lowest BCUT2D eigenvalue weighted by atomic mass is 9.54. The number of hydrogen-bond acceptors (Lipinski definition) is 4. The lowest BCUT2D eigenvalue weighted by molar-refractivity contribution is 0.00754. The maximum Gasteiger partial charge on any atom is 0.183 e. The van der Waals surface area contributed by atoms with Gasteiger partial charge in [-0.05, 0) is 74.8 Å². The standard InChI is InChI=1S/C23H25FN4S/c1-13-10-28(12-25-13)21-3-2-16(9-19(21)24)20-11-29-23(26-20)27-22-17-5-14-4-15(7-17)8-18(22)6-14/h2-3,9-12,14-15,17-18,22H,4-8H2,1H3,(H,26,27). The number of thiazole rings is 1. The van der Waals surface area contributed by atoms with Gasteiger partial charge >= 0.3 is 0 Å². The maximum absolute atomic E-state index is 14.7. The Hall–Kier alpha value is -2.21. The van der Waals surface area contributed by atoms with Crippen LogP contribution in [0.25, 0.3) is 16.9 Å². The van der Waals surface area contributed by atoms with Gasteiger partial charge in [-0.1, -0.05) is 6.07 Å². The molecule has 1 aromatic carbocycles. The van der Waals surface area contributed by atoms with Gasteiger partial charge in [-0.2, -0.15) is 0 Å². The molecule has 0 saturated heterocycles. The lowest BCUT2D eigenvalue weighted by Gasteiger charge is -2.54. The molecule has 1 N–H and O–H groups in total. The maximum atomic E-state index is 14.7. The molecule has 3 aromatic rings. The lowest BCUT2D eigenvalue weighted by Crippen LogP contribution is -2.51. The van der Waals surface area contributed by atoms with E-state index in [1.807, 2.05) is 24.6 Å². The molecule has 150 valence electrons. The highest BCUT2D eigenvalue weighted by atomic mass is 32.1. The fourth-order valence-electron chi connectivity index (χ4n) is 6.20. The zero-order chi connectivity index (χ0) is 19.5. The Bertz CT molecular complexity index is 1030. The predicted molar refractivity (Wildman–Crippen MR) is 114 cm³/mol. The molecule has 29 heavy (non-hydrogen) atoms. The number of aromatic nitrogens is 3. The fraction of sp³-hybridized carbons (Fsp3) is 0.478. The first-order chi connectivity index (χ1) is 14.1. The Morgan fingerprint density at radius 1 is 1.10 bits per heavy atom. The number of anilines is 1. The number of aryl methyl sites for hydroxylation is 1. The van der Waals surface area contributed by atoms with Crippen molar-refractivity contribution in [1.82, 2.24) is 14.5 Å². The first-order valence-electron chi connectivity index (χ1n) is 10.7. The summed E-state index contributed by atoms with van der Waals surface area (Å²) < 4.78 is 16.4. The number of halogens is 1. The van der Waals surface area contributed by atoms with Crippen LogP contribution < -0.4 is 5.32 Å². The van der Waals surface area contributed by atoms with Crippen molar-refractivity contribution in [2.45, 2.75) is 45.1 Å². The first kappa shape index (κ1) is 17.6. The monoisotopic (exact) mass is 408 g/mol. The molecule has 4 aliphatic rings. The molecule has 6 heteroatoms.